The zero-order valence-electron chi connectivity index (χ0n) is 18.4. The zero-order chi connectivity index (χ0) is 21.8. The maximum Gasteiger partial charge on any atom is 0.268 e. The van der Waals surface area contributed by atoms with E-state index < -0.39 is 0 Å². The number of H-pyrrole nitrogens is 1. The first kappa shape index (κ1) is 21.3. The van der Waals surface area contributed by atoms with E-state index in [1.165, 1.54) is 23.3 Å². The fraction of sp³-hybridized carbons (Fsp3) is 0.385. The minimum Gasteiger partial charge on any atom is -0.309 e. The number of nitrogens with one attached hydrogen (secondary N) is 1. The molecular formula is C26H30N4OS. The minimum absolute atomic E-state index is 0.000395. The average molecular weight is 447 g/mol. The molecule has 0 atom stereocenters. The Morgan fingerprint density at radius 2 is 1.62 bits per heavy atom. The number of hydrogen-bond donors (Lipinski definition) is 1. The van der Waals surface area contributed by atoms with Gasteiger partial charge in [-0.05, 0) is 31.0 Å². The van der Waals surface area contributed by atoms with Crippen LogP contribution in [0.1, 0.15) is 30.7 Å². The molecule has 2 aromatic carbocycles. The van der Waals surface area contributed by atoms with Crippen LogP contribution in [0.15, 0.2) is 59.4 Å². The van der Waals surface area contributed by atoms with E-state index >= 15 is 0 Å². The summed E-state index contributed by atoms with van der Waals surface area (Å²) in [5.74, 6) is 0.820. The van der Waals surface area contributed by atoms with Crippen LogP contribution < -0.4 is 5.56 Å². The lowest BCUT2D eigenvalue weighted by Crippen LogP contribution is -2.46. The van der Waals surface area contributed by atoms with Crippen molar-refractivity contribution in [2.45, 2.75) is 32.2 Å². The van der Waals surface area contributed by atoms with Gasteiger partial charge >= 0.3 is 0 Å². The highest BCUT2D eigenvalue weighted by molar-refractivity contribution is 7.25. The van der Waals surface area contributed by atoms with Gasteiger partial charge in [-0.3, -0.25) is 9.69 Å². The zero-order valence-corrected chi connectivity index (χ0v) is 19.2. The molecule has 5 nitrogen and oxygen atoms in total. The fourth-order valence-electron chi connectivity index (χ4n) is 4.58. The Hall–Kier alpha value is -2.54. The summed E-state index contributed by atoms with van der Waals surface area (Å²) in [7, 11) is 0. The summed E-state index contributed by atoms with van der Waals surface area (Å²) in [6.07, 6.45) is 4.26. The van der Waals surface area contributed by atoms with Gasteiger partial charge in [-0.1, -0.05) is 55.0 Å². The number of rotatable bonds is 8. The lowest BCUT2D eigenvalue weighted by atomic mass is 10.1. The Morgan fingerprint density at radius 3 is 2.47 bits per heavy atom. The number of aromatic amines is 1. The smallest absolute Gasteiger partial charge is 0.268 e. The molecule has 0 saturated carbocycles. The second-order valence-corrected chi connectivity index (χ2v) is 9.75. The number of thiophene rings is 1. The predicted octanol–water partition coefficient (Wildman–Crippen LogP) is 4.67. The molecule has 0 amide bonds. The molecule has 2 aromatic heterocycles. The third kappa shape index (κ3) is 4.93. The summed E-state index contributed by atoms with van der Waals surface area (Å²) in [4.78, 5) is 25.5. The number of hydrogen-bond acceptors (Lipinski definition) is 5. The van der Waals surface area contributed by atoms with Gasteiger partial charge in [0.1, 0.15) is 10.5 Å². The van der Waals surface area contributed by atoms with Crippen LogP contribution in [0.2, 0.25) is 0 Å². The van der Waals surface area contributed by atoms with Crippen molar-refractivity contribution in [2.24, 2.45) is 0 Å². The molecule has 0 radical (unpaired) electrons. The number of aromatic nitrogens is 2. The van der Waals surface area contributed by atoms with Gasteiger partial charge in [-0.15, -0.1) is 11.3 Å². The monoisotopic (exact) mass is 446 g/mol. The summed E-state index contributed by atoms with van der Waals surface area (Å²) in [5.41, 5.74) is 2.26. The first-order chi connectivity index (χ1) is 15.8. The quantitative estimate of drug-likeness (QED) is 0.400. The van der Waals surface area contributed by atoms with Crippen molar-refractivity contribution in [3.8, 4) is 0 Å². The topological polar surface area (TPSA) is 52.2 Å². The van der Waals surface area contributed by atoms with Crippen LogP contribution in [-0.4, -0.2) is 52.5 Å². The minimum atomic E-state index is -0.000395. The van der Waals surface area contributed by atoms with Crippen molar-refractivity contribution in [1.82, 2.24) is 19.8 Å². The number of fused-ring (bicyclic) bond motifs is 3. The van der Waals surface area contributed by atoms with Crippen LogP contribution in [0.4, 0.5) is 0 Å². The Morgan fingerprint density at radius 1 is 0.875 bits per heavy atom. The average Bonchev–Trinajstić information content (AvgIpc) is 3.20. The van der Waals surface area contributed by atoms with E-state index in [4.69, 9.17) is 4.98 Å². The highest BCUT2D eigenvalue weighted by Crippen LogP contribution is 2.29. The first-order valence-corrected chi connectivity index (χ1v) is 12.5. The molecule has 6 heteroatoms. The van der Waals surface area contributed by atoms with Crippen LogP contribution in [0.25, 0.3) is 20.3 Å². The van der Waals surface area contributed by atoms with Gasteiger partial charge in [0.15, 0.2) is 0 Å². The Bertz CT molecular complexity index is 1230. The van der Waals surface area contributed by atoms with Gasteiger partial charge in [-0.2, -0.15) is 0 Å². The lowest BCUT2D eigenvalue weighted by molar-refractivity contribution is 0.125. The second kappa shape index (κ2) is 9.94. The van der Waals surface area contributed by atoms with Crippen LogP contribution in [0.5, 0.6) is 0 Å². The van der Waals surface area contributed by atoms with Crippen molar-refractivity contribution in [2.75, 3.05) is 32.7 Å². The van der Waals surface area contributed by atoms with E-state index in [1.807, 2.05) is 12.1 Å². The molecule has 5 rings (SSSR count). The van der Waals surface area contributed by atoms with E-state index in [-0.39, 0.29) is 5.56 Å². The molecular weight excluding hydrogens is 416 g/mol. The SMILES string of the molecule is O=c1[nH]c(CCCCCN2CCN(Cc3ccccc3)CC2)nc2c1sc1ccccc12. The molecule has 0 unspecified atom stereocenters. The van der Waals surface area contributed by atoms with Crippen molar-refractivity contribution < 1.29 is 0 Å². The number of aryl methyl sites for hydroxylation is 1. The van der Waals surface area contributed by atoms with Crippen LogP contribution in [-0.2, 0) is 13.0 Å². The van der Waals surface area contributed by atoms with E-state index in [2.05, 4.69) is 57.2 Å². The number of nitrogens with zero attached hydrogens (tertiary/aromatic N) is 3. The Balaban J connectivity index is 1.06. The maximum absolute atomic E-state index is 12.5. The molecule has 1 aliphatic rings. The Labute approximate surface area is 192 Å². The normalized spacial score (nSPS) is 15.6. The molecule has 32 heavy (non-hydrogen) atoms. The van der Waals surface area contributed by atoms with Crippen molar-refractivity contribution in [1.29, 1.82) is 0 Å². The van der Waals surface area contributed by atoms with Gasteiger partial charge in [0.25, 0.3) is 5.56 Å². The summed E-state index contributed by atoms with van der Waals surface area (Å²) in [6, 6.07) is 18.9. The predicted molar refractivity (Wildman–Crippen MR) is 133 cm³/mol. The van der Waals surface area contributed by atoms with Crippen molar-refractivity contribution in [3.05, 3.63) is 76.3 Å². The van der Waals surface area contributed by atoms with E-state index in [0.29, 0.717) is 0 Å². The van der Waals surface area contributed by atoms with Crippen LogP contribution in [0.3, 0.4) is 0 Å². The van der Waals surface area contributed by atoms with Crippen molar-refractivity contribution >= 4 is 31.6 Å². The second-order valence-electron chi connectivity index (χ2n) is 8.70. The summed E-state index contributed by atoms with van der Waals surface area (Å²) in [6.45, 7) is 6.83. The molecule has 0 spiro atoms. The van der Waals surface area contributed by atoms with Crippen molar-refractivity contribution in [3.63, 3.8) is 0 Å². The summed E-state index contributed by atoms with van der Waals surface area (Å²) >= 11 is 1.53. The van der Waals surface area contributed by atoms with E-state index in [9.17, 15) is 4.79 Å². The molecule has 0 bridgehead atoms. The van der Waals surface area contributed by atoms with Gasteiger partial charge in [0.05, 0.1) is 5.52 Å². The molecule has 1 fully saturated rings. The summed E-state index contributed by atoms with van der Waals surface area (Å²) < 4.78 is 1.86. The third-order valence-corrected chi connectivity index (χ3v) is 7.54. The van der Waals surface area contributed by atoms with E-state index in [1.54, 1.807) is 0 Å². The van der Waals surface area contributed by atoms with Gasteiger partial charge in [0, 0.05) is 49.2 Å². The number of benzene rings is 2. The maximum atomic E-state index is 12.5. The highest BCUT2D eigenvalue weighted by Gasteiger charge is 2.16. The van der Waals surface area contributed by atoms with Crippen LogP contribution >= 0.6 is 11.3 Å². The molecule has 1 saturated heterocycles. The number of unbranched alkanes of at least 4 members (excludes halogenated alkanes) is 2. The van der Waals surface area contributed by atoms with Gasteiger partial charge in [0.2, 0.25) is 0 Å². The highest BCUT2D eigenvalue weighted by atomic mass is 32.1. The first-order valence-electron chi connectivity index (χ1n) is 11.7. The number of piperazine rings is 1. The fourth-order valence-corrected chi connectivity index (χ4v) is 5.62. The molecule has 4 aromatic rings. The van der Waals surface area contributed by atoms with Gasteiger partial charge < -0.3 is 9.88 Å². The molecule has 1 N–H and O–H groups in total. The third-order valence-electron chi connectivity index (χ3n) is 6.38. The molecule has 0 aliphatic carbocycles. The Kier molecular flexibility index (Phi) is 6.62. The van der Waals surface area contributed by atoms with Gasteiger partial charge in [-0.25, -0.2) is 4.98 Å². The lowest BCUT2D eigenvalue weighted by Gasteiger charge is -2.34. The molecule has 3 heterocycles. The van der Waals surface area contributed by atoms with E-state index in [0.717, 1.165) is 84.7 Å². The standard InChI is InChI=1S/C26H30N4OS/c31-26-25-24(21-11-6-7-12-22(21)32-25)27-23(28-26)13-5-2-8-14-29-15-17-30(18-16-29)19-20-9-3-1-4-10-20/h1,3-4,6-7,9-12H,2,5,8,13-19H2,(H,27,28,31). The summed E-state index contributed by atoms with van der Waals surface area (Å²) in [5, 5.41) is 1.09. The molecule has 1 aliphatic heterocycles. The molecule has 166 valence electrons. The largest absolute Gasteiger partial charge is 0.309 e. The van der Waals surface area contributed by atoms with Crippen LogP contribution in [0, 0.1) is 0 Å².